The predicted molar refractivity (Wildman–Crippen MR) is 81.6 cm³/mol. The molecule has 1 unspecified atom stereocenters. The number of hydrogen-bond donors (Lipinski definition) is 1. The fraction of sp³-hybridized carbons (Fsp3) is 0.200. The van der Waals surface area contributed by atoms with Crippen molar-refractivity contribution >= 4 is 31.9 Å². The quantitative estimate of drug-likeness (QED) is 0.791. The summed E-state index contributed by atoms with van der Waals surface area (Å²) in [5, 5.41) is 10.2. The van der Waals surface area contributed by atoms with Crippen LogP contribution in [0.25, 0.3) is 0 Å². The van der Waals surface area contributed by atoms with Crippen LogP contribution in [0.3, 0.4) is 0 Å². The Morgan fingerprint density at radius 1 is 1.11 bits per heavy atom. The first-order chi connectivity index (χ1) is 8.97. The molecular weight excluding hydrogens is 375 g/mol. The van der Waals surface area contributed by atoms with Crippen molar-refractivity contribution < 1.29 is 9.50 Å². The molecule has 19 heavy (non-hydrogen) atoms. The Morgan fingerprint density at radius 2 is 1.84 bits per heavy atom. The van der Waals surface area contributed by atoms with Gasteiger partial charge in [-0.3, -0.25) is 0 Å². The molecule has 1 nitrogen and oxygen atoms in total. The molecule has 2 aromatic carbocycles. The number of benzene rings is 2. The van der Waals surface area contributed by atoms with Gasteiger partial charge < -0.3 is 5.11 Å². The summed E-state index contributed by atoms with van der Waals surface area (Å²) in [6.45, 7) is 2.00. The van der Waals surface area contributed by atoms with E-state index < -0.39 is 6.10 Å². The molecular formula is C15H13Br2FO. The van der Waals surface area contributed by atoms with Crippen molar-refractivity contribution in [2.24, 2.45) is 0 Å². The molecule has 0 radical (unpaired) electrons. The average Bonchev–Trinajstić information content (AvgIpc) is 2.37. The van der Waals surface area contributed by atoms with E-state index in [0.717, 1.165) is 21.2 Å². The van der Waals surface area contributed by atoms with Gasteiger partial charge in [-0.2, -0.15) is 0 Å². The number of aliphatic hydroxyl groups excluding tert-OH is 1. The van der Waals surface area contributed by atoms with Gasteiger partial charge in [-0.1, -0.05) is 34.1 Å². The molecule has 0 spiro atoms. The van der Waals surface area contributed by atoms with E-state index in [-0.39, 0.29) is 5.82 Å². The lowest BCUT2D eigenvalue weighted by Gasteiger charge is -2.13. The fourth-order valence-electron chi connectivity index (χ4n) is 1.82. The molecule has 0 saturated heterocycles. The van der Waals surface area contributed by atoms with E-state index in [2.05, 4.69) is 31.9 Å². The van der Waals surface area contributed by atoms with Crippen molar-refractivity contribution in [1.29, 1.82) is 0 Å². The normalized spacial score (nSPS) is 12.5. The summed E-state index contributed by atoms with van der Waals surface area (Å²) in [6, 6.07) is 10.6. The Balaban J connectivity index is 2.17. The highest BCUT2D eigenvalue weighted by Crippen LogP contribution is 2.25. The second-order valence-electron chi connectivity index (χ2n) is 4.48. The highest BCUT2D eigenvalue weighted by Gasteiger charge is 2.11. The third kappa shape index (κ3) is 3.65. The van der Waals surface area contributed by atoms with Gasteiger partial charge in [0.05, 0.1) is 10.6 Å². The van der Waals surface area contributed by atoms with E-state index in [9.17, 15) is 9.50 Å². The third-order valence-corrected chi connectivity index (χ3v) is 4.46. The van der Waals surface area contributed by atoms with Gasteiger partial charge in [0.2, 0.25) is 0 Å². The molecule has 0 amide bonds. The van der Waals surface area contributed by atoms with Gasteiger partial charge in [-0.15, -0.1) is 0 Å². The maximum Gasteiger partial charge on any atom is 0.137 e. The zero-order chi connectivity index (χ0) is 14.0. The summed E-state index contributed by atoms with van der Waals surface area (Å²) >= 11 is 6.60. The molecule has 0 fully saturated rings. The minimum atomic E-state index is -0.603. The van der Waals surface area contributed by atoms with Crippen molar-refractivity contribution in [2.75, 3.05) is 0 Å². The second kappa shape index (κ2) is 6.16. The highest BCUT2D eigenvalue weighted by atomic mass is 79.9. The first-order valence-corrected chi connectivity index (χ1v) is 7.44. The van der Waals surface area contributed by atoms with Gasteiger partial charge in [0.15, 0.2) is 0 Å². The minimum absolute atomic E-state index is 0.295. The van der Waals surface area contributed by atoms with Crippen molar-refractivity contribution in [3.8, 4) is 0 Å². The lowest BCUT2D eigenvalue weighted by Crippen LogP contribution is -2.02. The van der Waals surface area contributed by atoms with Crippen LogP contribution in [0.4, 0.5) is 4.39 Å². The van der Waals surface area contributed by atoms with Gasteiger partial charge in [-0.25, -0.2) is 4.39 Å². The van der Waals surface area contributed by atoms with Crippen LogP contribution in [0.2, 0.25) is 0 Å². The molecule has 0 saturated carbocycles. The summed E-state index contributed by atoms with van der Waals surface area (Å²) in [6.07, 6.45) is -0.150. The third-order valence-electron chi connectivity index (χ3n) is 2.99. The second-order valence-corrected chi connectivity index (χ2v) is 6.19. The largest absolute Gasteiger partial charge is 0.388 e. The Morgan fingerprint density at radius 3 is 2.47 bits per heavy atom. The van der Waals surface area contributed by atoms with Gasteiger partial charge >= 0.3 is 0 Å². The van der Waals surface area contributed by atoms with Crippen molar-refractivity contribution in [3.05, 3.63) is 67.9 Å². The highest BCUT2D eigenvalue weighted by molar-refractivity contribution is 9.10. The van der Waals surface area contributed by atoms with E-state index in [0.29, 0.717) is 10.9 Å². The number of hydrogen-bond acceptors (Lipinski definition) is 1. The van der Waals surface area contributed by atoms with Crippen LogP contribution >= 0.6 is 31.9 Å². The molecule has 0 aliphatic carbocycles. The summed E-state index contributed by atoms with van der Waals surface area (Å²) in [7, 11) is 0. The predicted octanol–water partition coefficient (Wildman–Crippen LogP) is 4.94. The Bertz CT molecular complexity index is 599. The van der Waals surface area contributed by atoms with Gasteiger partial charge in [0.25, 0.3) is 0 Å². The molecule has 0 aliphatic rings. The van der Waals surface area contributed by atoms with Crippen LogP contribution in [-0.4, -0.2) is 5.11 Å². The lowest BCUT2D eigenvalue weighted by molar-refractivity contribution is 0.178. The zero-order valence-corrected chi connectivity index (χ0v) is 13.5. The van der Waals surface area contributed by atoms with E-state index >= 15 is 0 Å². The van der Waals surface area contributed by atoms with Crippen LogP contribution in [0, 0.1) is 12.7 Å². The Kier molecular flexibility index (Phi) is 4.76. The Hall–Kier alpha value is -0.710. The molecule has 0 aromatic heterocycles. The maximum atomic E-state index is 13.1. The summed E-state index contributed by atoms with van der Waals surface area (Å²) < 4.78 is 14.5. The summed E-state index contributed by atoms with van der Waals surface area (Å²) in [5.74, 6) is -0.295. The SMILES string of the molecule is Cc1ccc(C(O)Cc2ccc(F)c(Br)c2)cc1Br. The van der Waals surface area contributed by atoms with Gasteiger partial charge in [-0.05, 0) is 57.7 Å². The number of rotatable bonds is 3. The number of aliphatic hydroxyl groups is 1. The van der Waals surface area contributed by atoms with Gasteiger partial charge in [0, 0.05) is 10.9 Å². The summed E-state index contributed by atoms with van der Waals surface area (Å²) in [4.78, 5) is 0. The van der Waals surface area contributed by atoms with Crippen LogP contribution in [0.5, 0.6) is 0 Å². The molecule has 1 N–H and O–H groups in total. The molecule has 2 rings (SSSR count). The van der Waals surface area contributed by atoms with E-state index in [1.54, 1.807) is 12.1 Å². The molecule has 4 heteroatoms. The smallest absolute Gasteiger partial charge is 0.137 e. The van der Waals surface area contributed by atoms with Crippen molar-refractivity contribution in [3.63, 3.8) is 0 Å². The molecule has 100 valence electrons. The molecule has 0 bridgehead atoms. The van der Waals surface area contributed by atoms with Crippen molar-refractivity contribution in [1.82, 2.24) is 0 Å². The van der Waals surface area contributed by atoms with Crippen molar-refractivity contribution in [2.45, 2.75) is 19.4 Å². The minimum Gasteiger partial charge on any atom is -0.388 e. The number of aryl methyl sites for hydroxylation is 1. The van der Waals surface area contributed by atoms with Crippen LogP contribution < -0.4 is 0 Å². The van der Waals surface area contributed by atoms with E-state index in [1.165, 1.54) is 6.07 Å². The maximum absolute atomic E-state index is 13.1. The molecule has 0 aliphatic heterocycles. The molecule has 2 aromatic rings. The van der Waals surface area contributed by atoms with Crippen LogP contribution in [0.1, 0.15) is 22.8 Å². The molecule has 0 heterocycles. The summed E-state index contributed by atoms with van der Waals surface area (Å²) in [5.41, 5.74) is 2.86. The van der Waals surface area contributed by atoms with Crippen LogP contribution in [-0.2, 0) is 6.42 Å². The first-order valence-electron chi connectivity index (χ1n) is 5.85. The fourth-order valence-corrected chi connectivity index (χ4v) is 2.65. The Labute approximate surface area is 128 Å². The first kappa shape index (κ1) is 14.7. The molecule has 1 atom stereocenters. The number of halogens is 3. The van der Waals surface area contributed by atoms with Crippen LogP contribution in [0.15, 0.2) is 45.3 Å². The van der Waals surface area contributed by atoms with E-state index in [4.69, 9.17) is 0 Å². The standard InChI is InChI=1S/C15H13Br2FO/c1-9-2-4-11(8-12(9)16)15(19)7-10-3-5-14(18)13(17)6-10/h2-6,8,15,19H,7H2,1H3. The average molecular weight is 388 g/mol. The van der Waals surface area contributed by atoms with Gasteiger partial charge in [0.1, 0.15) is 5.82 Å². The topological polar surface area (TPSA) is 20.2 Å². The van der Waals surface area contributed by atoms with E-state index in [1.807, 2.05) is 25.1 Å². The monoisotopic (exact) mass is 386 g/mol. The lowest BCUT2D eigenvalue weighted by atomic mass is 10.0. The zero-order valence-electron chi connectivity index (χ0n) is 10.3.